The van der Waals surface area contributed by atoms with Crippen molar-refractivity contribution in [3.63, 3.8) is 0 Å². The van der Waals surface area contributed by atoms with Gasteiger partial charge in [0.25, 0.3) is 0 Å². The second kappa shape index (κ2) is 7.11. The number of piperidine rings is 1. The van der Waals surface area contributed by atoms with E-state index in [0.717, 1.165) is 0 Å². The van der Waals surface area contributed by atoms with Crippen LogP contribution in [0.1, 0.15) is 18.9 Å². The van der Waals surface area contributed by atoms with Gasteiger partial charge in [-0.25, -0.2) is 0 Å². The van der Waals surface area contributed by atoms with Crippen molar-refractivity contribution < 1.29 is 32.6 Å². The van der Waals surface area contributed by atoms with Gasteiger partial charge in [0.05, 0.1) is 12.3 Å². The highest BCUT2D eigenvalue weighted by Gasteiger charge is 2.33. The van der Waals surface area contributed by atoms with Crippen molar-refractivity contribution in [1.29, 1.82) is 0 Å². The number of halogens is 3. The zero-order valence-electron chi connectivity index (χ0n) is 13.0. The van der Waals surface area contributed by atoms with Crippen molar-refractivity contribution in [2.24, 2.45) is 11.8 Å². The number of aliphatic carboxylic acids is 1. The molecule has 0 aromatic heterocycles. The third-order valence-corrected chi connectivity index (χ3v) is 4.06. The molecular weight excluding hydrogens is 327 g/mol. The normalized spacial score (nSPS) is 21.4. The number of carbonyl (C=O) groups is 2. The largest absolute Gasteiger partial charge is 0.573 e. The fourth-order valence-electron chi connectivity index (χ4n) is 2.88. The van der Waals surface area contributed by atoms with E-state index in [0.29, 0.717) is 25.1 Å². The summed E-state index contributed by atoms with van der Waals surface area (Å²) in [6.07, 6.45) is -4.46. The Morgan fingerprint density at radius 3 is 2.67 bits per heavy atom. The molecule has 1 aromatic rings. The molecule has 1 amide bonds. The summed E-state index contributed by atoms with van der Waals surface area (Å²) in [6, 6.07) is 5.29. The SMILES string of the molecule is CC1CN(C(=O)Cc2cccc(OC(F)(F)F)c2)CCC1C(=O)O. The molecule has 24 heavy (non-hydrogen) atoms. The van der Waals surface area contributed by atoms with E-state index < -0.39 is 18.2 Å². The van der Waals surface area contributed by atoms with E-state index in [-0.39, 0.29) is 24.0 Å². The molecule has 1 heterocycles. The van der Waals surface area contributed by atoms with Crippen LogP contribution in [0, 0.1) is 11.8 Å². The zero-order chi connectivity index (χ0) is 17.9. The maximum absolute atomic E-state index is 12.3. The van der Waals surface area contributed by atoms with Gasteiger partial charge < -0.3 is 14.7 Å². The Bertz CT molecular complexity index is 618. The first-order valence-electron chi connectivity index (χ1n) is 7.51. The number of hydrogen-bond donors (Lipinski definition) is 1. The van der Waals surface area contributed by atoms with E-state index in [9.17, 15) is 22.8 Å². The summed E-state index contributed by atoms with van der Waals surface area (Å²) >= 11 is 0. The summed E-state index contributed by atoms with van der Waals surface area (Å²) in [6.45, 7) is 2.43. The zero-order valence-corrected chi connectivity index (χ0v) is 13.0. The molecule has 2 atom stereocenters. The Kier molecular flexibility index (Phi) is 5.36. The molecule has 1 aliphatic rings. The highest BCUT2D eigenvalue weighted by atomic mass is 19.4. The van der Waals surface area contributed by atoms with Gasteiger partial charge in [-0.3, -0.25) is 9.59 Å². The summed E-state index contributed by atoms with van der Waals surface area (Å²) in [5.41, 5.74) is 0.412. The van der Waals surface area contributed by atoms with Gasteiger partial charge in [-0.05, 0) is 30.0 Å². The van der Waals surface area contributed by atoms with Gasteiger partial charge >= 0.3 is 12.3 Å². The Morgan fingerprint density at radius 1 is 1.38 bits per heavy atom. The lowest BCUT2D eigenvalue weighted by atomic mass is 9.87. The van der Waals surface area contributed by atoms with Gasteiger partial charge in [0.15, 0.2) is 0 Å². The van der Waals surface area contributed by atoms with E-state index >= 15 is 0 Å². The van der Waals surface area contributed by atoms with Gasteiger partial charge in [0.2, 0.25) is 5.91 Å². The van der Waals surface area contributed by atoms with E-state index in [1.807, 2.05) is 0 Å². The van der Waals surface area contributed by atoms with Crippen molar-refractivity contribution in [3.8, 4) is 5.75 Å². The van der Waals surface area contributed by atoms with Crippen LogP contribution in [0.4, 0.5) is 13.2 Å². The fraction of sp³-hybridized carbons (Fsp3) is 0.500. The number of benzene rings is 1. The molecule has 0 bridgehead atoms. The molecular formula is C16H18F3NO4. The lowest BCUT2D eigenvalue weighted by molar-refractivity contribution is -0.274. The molecule has 0 aliphatic carbocycles. The molecule has 1 saturated heterocycles. The maximum atomic E-state index is 12.3. The van der Waals surface area contributed by atoms with Crippen LogP contribution in [0.15, 0.2) is 24.3 Å². The lowest BCUT2D eigenvalue weighted by Gasteiger charge is -2.35. The van der Waals surface area contributed by atoms with Gasteiger partial charge in [-0.1, -0.05) is 19.1 Å². The van der Waals surface area contributed by atoms with Crippen molar-refractivity contribution in [2.45, 2.75) is 26.1 Å². The highest BCUT2D eigenvalue weighted by molar-refractivity contribution is 5.79. The number of hydrogen-bond acceptors (Lipinski definition) is 3. The summed E-state index contributed by atoms with van der Waals surface area (Å²) in [4.78, 5) is 24.9. The molecule has 1 aliphatic heterocycles. The topological polar surface area (TPSA) is 66.8 Å². The Morgan fingerprint density at radius 2 is 2.08 bits per heavy atom. The van der Waals surface area contributed by atoms with Crippen LogP contribution in [0.2, 0.25) is 0 Å². The summed E-state index contributed by atoms with van der Waals surface area (Å²) in [7, 11) is 0. The molecule has 1 aromatic carbocycles. The lowest BCUT2D eigenvalue weighted by Crippen LogP contribution is -2.45. The quantitative estimate of drug-likeness (QED) is 0.911. The Labute approximate surface area is 137 Å². The van der Waals surface area contributed by atoms with Crippen molar-refractivity contribution in [2.75, 3.05) is 13.1 Å². The molecule has 0 radical (unpaired) electrons. The van der Waals surface area contributed by atoms with Gasteiger partial charge in [0, 0.05) is 13.1 Å². The number of carboxylic acids is 1. The van der Waals surface area contributed by atoms with Gasteiger partial charge in [0.1, 0.15) is 5.75 Å². The van der Waals surface area contributed by atoms with Crippen LogP contribution in [-0.4, -0.2) is 41.3 Å². The Balaban J connectivity index is 1.98. The van der Waals surface area contributed by atoms with E-state index in [1.54, 1.807) is 17.9 Å². The number of alkyl halides is 3. The standard InChI is InChI=1S/C16H18F3NO4/c1-10-9-20(6-5-13(10)15(22)23)14(21)8-11-3-2-4-12(7-11)24-16(17,18)19/h2-4,7,10,13H,5-6,8-9H2,1H3,(H,22,23). The van der Waals surface area contributed by atoms with Gasteiger partial charge in [-0.15, -0.1) is 13.2 Å². The van der Waals surface area contributed by atoms with Gasteiger partial charge in [-0.2, -0.15) is 0 Å². The molecule has 0 saturated carbocycles. The second-order valence-electron chi connectivity index (χ2n) is 5.92. The molecule has 132 valence electrons. The van der Waals surface area contributed by atoms with Crippen LogP contribution in [0.3, 0.4) is 0 Å². The molecule has 2 unspecified atom stereocenters. The van der Waals surface area contributed by atoms with Crippen LogP contribution in [0.5, 0.6) is 5.75 Å². The minimum atomic E-state index is -4.78. The number of carbonyl (C=O) groups excluding carboxylic acids is 1. The molecule has 2 rings (SSSR count). The van der Waals surface area contributed by atoms with Crippen LogP contribution < -0.4 is 4.74 Å². The van der Waals surface area contributed by atoms with E-state index in [4.69, 9.17) is 5.11 Å². The third-order valence-electron chi connectivity index (χ3n) is 4.06. The van der Waals surface area contributed by atoms with Crippen molar-refractivity contribution >= 4 is 11.9 Å². The van der Waals surface area contributed by atoms with E-state index in [1.165, 1.54) is 18.2 Å². The second-order valence-corrected chi connectivity index (χ2v) is 5.92. The predicted molar refractivity (Wildman–Crippen MR) is 78.3 cm³/mol. The first-order chi connectivity index (χ1) is 11.2. The summed E-state index contributed by atoms with van der Waals surface area (Å²) in [5.74, 6) is -2.12. The summed E-state index contributed by atoms with van der Waals surface area (Å²) in [5, 5.41) is 9.08. The smallest absolute Gasteiger partial charge is 0.481 e. The Hall–Kier alpha value is -2.25. The number of carboxylic acid groups (broad SMARTS) is 1. The number of ether oxygens (including phenoxy) is 1. The van der Waals surface area contributed by atoms with Crippen LogP contribution >= 0.6 is 0 Å². The minimum Gasteiger partial charge on any atom is -0.481 e. The third kappa shape index (κ3) is 4.87. The van der Waals surface area contributed by atoms with Crippen molar-refractivity contribution in [3.05, 3.63) is 29.8 Å². The molecule has 0 spiro atoms. The summed E-state index contributed by atoms with van der Waals surface area (Å²) < 4.78 is 40.5. The first kappa shape index (κ1) is 18.1. The maximum Gasteiger partial charge on any atom is 0.573 e. The number of rotatable bonds is 4. The van der Waals surface area contributed by atoms with Crippen LogP contribution in [-0.2, 0) is 16.0 Å². The van der Waals surface area contributed by atoms with Crippen molar-refractivity contribution in [1.82, 2.24) is 4.90 Å². The minimum absolute atomic E-state index is 0.0560. The molecule has 1 N–H and O–H groups in total. The average molecular weight is 345 g/mol. The number of amides is 1. The molecule has 8 heteroatoms. The number of likely N-dealkylation sites (tertiary alicyclic amines) is 1. The average Bonchev–Trinajstić information content (AvgIpc) is 2.45. The predicted octanol–water partition coefficient (Wildman–Crippen LogP) is 2.70. The highest BCUT2D eigenvalue weighted by Crippen LogP contribution is 2.26. The number of nitrogens with zero attached hydrogens (tertiary/aromatic N) is 1. The molecule has 5 nitrogen and oxygen atoms in total. The van der Waals surface area contributed by atoms with Crippen LogP contribution in [0.25, 0.3) is 0 Å². The first-order valence-corrected chi connectivity index (χ1v) is 7.51. The van der Waals surface area contributed by atoms with E-state index in [2.05, 4.69) is 4.74 Å². The monoisotopic (exact) mass is 345 g/mol. The molecule has 1 fully saturated rings. The fourth-order valence-corrected chi connectivity index (χ4v) is 2.88.